The molecule has 0 aliphatic heterocycles. The van der Waals surface area contributed by atoms with Crippen LogP contribution in [0.3, 0.4) is 0 Å². The Labute approximate surface area is 289 Å². The summed E-state index contributed by atoms with van der Waals surface area (Å²) >= 11 is 3.64. The van der Waals surface area contributed by atoms with Gasteiger partial charge in [-0.3, -0.25) is 4.57 Å². The number of para-hydroxylation sites is 1. The summed E-state index contributed by atoms with van der Waals surface area (Å²) in [6.07, 6.45) is 0. The molecule has 0 bridgehead atoms. The van der Waals surface area contributed by atoms with Crippen molar-refractivity contribution in [3.05, 3.63) is 152 Å². The van der Waals surface area contributed by atoms with Crippen LogP contribution in [0.2, 0.25) is 0 Å². The fraction of sp³-hybridized carbons (Fsp3) is 0. The zero-order valence-corrected chi connectivity index (χ0v) is 27.7. The normalized spacial score (nSPS) is 12.1. The second-order valence-electron chi connectivity index (χ2n) is 12.5. The van der Waals surface area contributed by atoms with Gasteiger partial charge in [0.15, 0.2) is 0 Å². The summed E-state index contributed by atoms with van der Waals surface area (Å²) in [5, 5.41) is 8.70. The average molecular weight is 660 g/mol. The van der Waals surface area contributed by atoms with Crippen molar-refractivity contribution in [3.8, 4) is 28.3 Å². The van der Waals surface area contributed by atoms with E-state index < -0.39 is 0 Å². The Morgan fingerprint density at radius 2 is 1.06 bits per heavy atom. The van der Waals surface area contributed by atoms with E-state index in [4.69, 9.17) is 9.97 Å². The Bertz CT molecular complexity index is 3100. The summed E-state index contributed by atoms with van der Waals surface area (Å²) in [5.41, 5.74) is 7.78. The van der Waals surface area contributed by atoms with Crippen LogP contribution in [-0.4, -0.2) is 14.5 Å². The van der Waals surface area contributed by atoms with Crippen molar-refractivity contribution in [2.45, 2.75) is 0 Å². The zero-order chi connectivity index (χ0) is 32.1. The molecule has 0 amide bonds. The third-order valence-corrected chi connectivity index (χ3v) is 12.1. The number of benzene rings is 7. The third-order valence-electron chi connectivity index (χ3n) is 9.81. The molecule has 0 fully saturated rings. The van der Waals surface area contributed by atoms with Crippen LogP contribution in [0.15, 0.2) is 152 Å². The summed E-state index contributed by atoms with van der Waals surface area (Å²) in [4.78, 5) is 10.9. The molecule has 0 N–H and O–H groups in total. The largest absolute Gasteiger partial charge is 0.276 e. The van der Waals surface area contributed by atoms with E-state index in [0.717, 1.165) is 37.9 Å². The lowest BCUT2D eigenvalue weighted by molar-refractivity contribution is 1.02. The number of fused-ring (bicyclic) bond motifs is 13. The quantitative estimate of drug-likeness (QED) is 0.189. The molecular formula is C44H25N3S2. The van der Waals surface area contributed by atoms with Gasteiger partial charge in [-0.05, 0) is 40.1 Å². The lowest BCUT2D eigenvalue weighted by atomic mass is 9.98. The van der Waals surface area contributed by atoms with Crippen molar-refractivity contribution in [1.82, 2.24) is 14.5 Å². The van der Waals surface area contributed by atoms with Gasteiger partial charge in [0, 0.05) is 41.9 Å². The molecule has 4 aromatic heterocycles. The molecule has 0 saturated heterocycles. The van der Waals surface area contributed by atoms with E-state index in [-0.39, 0.29) is 0 Å². The van der Waals surface area contributed by atoms with E-state index in [9.17, 15) is 0 Å². The molecule has 0 aliphatic carbocycles. The highest BCUT2D eigenvalue weighted by atomic mass is 32.1. The van der Waals surface area contributed by atoms with Crippen LogP contribution < -0.4 is 0 Å². The predicted molar refractivity (Wildman–Crippen MR) is 211 cm³/mol. The van der Waals surface area contributed by atoms with Gasteiger partial charge in [-0.1, -0.05) is 133 Å². The van der Waals surface area contributed by atoms with Gasteiger partial charge in [-0.25, -0.2) is 9.97 Å². The Balaban J connectivity index is 1.33. The van der Waals surface area contributed by atoms with Crippen LogP contribution in [0, 0.1) is 0 Å². The maximum absolute atomic E-state index is 5.47. The maximum Gasteiger partial charge on any atom is 0.235 e. The molecular weight excluding hydrogens is 635 g/mol. The lowest BCUT2D eigenvalue weighted by Gasteiger charge is -2.11. The van der Waals surface area contributed by atoms with Crippen molar-refractivity contribution in [2.24, 2.45) is 0 Å². The molecule has 3 nitrogen and oxygen atoms in total. The standard InChI is InChI=1S/C44H25N3S2/c1-3-13-26(14-4-1)28-23-24-32-36(25-28)49-42-38(32)30-18-8-7-17-29(30)37-31-19-9-11-21-34(31)47(41(37)42)44-45-39(27-15-5-2-6-16-27)43-40(46-44)33-20-10-12-22-35(33)48-43/h1-25H. The Hall–Kier alpha value is -5.88. The van der Waals surface area contributed by atoms with E-state index in [1.165, 1.54) is 57.5 Å². The van der Waals surface area contributed by atoms with E-state index in [0.29, 0.717) is 5.95 Å². The minimum Gasteiger partial charge on any atom is -0.276 e. The smallest absolute Gasteiger partial charge is 0.235 e. The number of nitrogens with zero attached hydrogens (tertiary/aromatic N) is 3. The van der Waals surface area contributed by atoms with E-state index >= 15 is 0 Å². The number of hydrogen-bond donors (Lipinski definition) is 0. The fourth-order valence-corrected chi connectivity index (χ4v) is 10.1. The lowest BCUT2D eigenvalue weighted by Crippen LogP contribution is -2.02. The van der Waals surface area contributed by atoms with Gasteiger partial charge >= 0.3 is 0 Å². The number of hydrogen-bond acceptors (Lipinski definition) is 4. The topological polar surface area (TPSA) is 30.7 Å². The maximum atomic E-state index is 5.47. The molecule has 7 aromatic carbocycles. The van der Waals surface area contributed by atoms with Crippen LogP contribution in [0.1, 0.15) is 0 Å². The predicted octanol–water partition coefficient (Wildman–Crippen LogP) is 12.8. The molecule has 0 aliphatic rings. The van der Waals surface area contributed by atoms with Gasteiger partial charge in [0.2, 0.25) is 5.95 Å². The molecule has 4 heterocycles. The van der Waals surface area contributed by atoms with E-state index in [1.807, 2.05) is 11.3 Å². The van der Waals surface area contributed by atoms with E-state index in [2.05, 4.69) is 156 Å². The SMILES string of the molecule is c1ccc(-c2ccc3c(c2)sc2c3c3ccccc3c3c4ccccc4n(-c4nc(-c5ccccc5)c5sc6ccccc6c5n4)c23)cc1. The fourth-order valence-electron chi connectivity index (χ4n) is 7.67. The molecule has 0 atom stereocenters. The minimum absolute atomic E-state index is 0.695. The zero-order valence-electron chi connectivity index (χ0n) is 26.1. The average Bonchev–Trinajstić information content (AvgIpc) is 3.85. The third kappa shape index (κ3) is 3.88. The highest BCUT2D eigenvalue weighted by Gasteiger charge is 2.24. The molecule has 11 aromatic rings. The number of aromatic nitrogens is 3. The molecule has 5 heteroatoms. The Morgan fingerprint density at radius 1 is 0.429 bits per heavy atom. The number of thiophene rings is 2. The molecule has 11 rings (SSSR count). The highest BCUT2D eigenvalue weighted by Crippen LogP contribution is 2.48. The van der Waals surface area contributed by atoms with Crippen LogP contribution in [-0.2, 0) is 0 Å². The summed E-state index contributed by atoms with van der Waals surface area (Å²) in [6.45, 7) is 0. The molecule has 0 radical (unpaired) electrons. The summed E-state index contributed by atoms with van der Waals surface area (Å²) in [7, 11) is 0. The molecule has 228 valence electrons. The summed E-state index contributed by atoms with van der Waals surface area (Å²) in [6, 6.07) is 54.4. The van der Waals surface area contributed by atoms with E-state index in [1.54, 1.807) is 11.3 Å². The van der Waals surface area contributed by atoms with Crippen LogP contribution >= 0.6 is 22.7 Å². The van der Waals surface area contributed by atoms with Crippen molar-refractivity contribution in [1.29, 1.82) is 0 Å². The minimum atomic E-state index is 0.695. The first-order chi connectivity index (χ1) is 24.3. The molecule has 0 unspecified atom stereocenters. The second-order valence-corrected chi connectivity index (χ2v) is 14.6. The van der Waals surface area contributed by atoms with Gasteiger partial charge in [0.05, 0.1) is 31.6 Å². The Kier molecular flexibility index (Phi) is 5.70. The van der Waals surface area contributed by atoms with Crippen molar-refractivity contribution < 1.29 is 0 Å². The first-order valence-electron chi connectivity index (χ1n) is 16.4. The Morgan fingerprint density at radius 3 is 1.86 bits per heavy atom. The first-order valence-corrected chi connectivity index (χ1v) is 18.1. The summed E-state index contributed by atoms with van der Waals surface area (Å²) in [5.74, 6) is 0.695. The molecule has 0 spiro atoms. The van der Waals surface area contributed by atoms with Crippen molar-refractivity contribution >= 4 is 95.7 Å². The monoisotopic (exact) mass is 659 g/mol. The van der Waals surface area contributed by atoms with Crippen LogP contribution in [0.4, 0.5) is 0 Å². The van der Waals surface area contributed by atoms with Gasteiger partial charge in [0.1, 0.15) is 0 Å². The van der Waals surface area contributed by atoms with Gasteiger partial charge in [0.25, 0.3) is 0 Å². The first kappa shape index (κ1) is 27.1. The number of rotatable bonds is 3. The van der Waals surface area contributed by atoms with Crippen molar-refractivity contribution in [2.75, 3.05) is 0 Å². The highest BCUT2D eigenvalue weighted by molar-refractivity contribution is 7.27. The van der Waals surface area contributed by atoms with Gasteiger partial charge in [-0.15, -0.1) is 22.7 Å². The van der Waals surface area contributed by atoms with Crippen LogP contribution in [0.5, 0.6) is 0 Å². The second kappa shape index (κ2) is 10.3. The molecule has 49 heavy (non-hydrogen) atoms. The van der Waals surface area contributed by atoms with Gasteiger partial charge in [-0.2, -0.15) is 0 Å². The van der Waals surface area contributed by atoms with Crippen molar-refractivity contribution in [3.63, 3.8) is 0 Å². The molecule has 0 saturated carbocycles. The van der Waals surface area contributed by atoms with Gasteiger partial charge < -0.3 is 0 Å². The van der Waals surface area contributed by atoms with Crippen LogP contribution in [0.25, 0.3) is 101 Å². The summed E-state index contributed by atoms with van der Waals surface area (Å²) < 4.78 is 7.20.